The van der Waals surface area contributed by atoms with Crippen molar-refractivity contribution in [2.75, 3.05) is 26.4 Å². The Kier molecular flexibility index (Phi) is 6.96. The molecule has 0 unspecified atom stereocenters. The Labute approximate surface area is 156 Å². The molecule has 0 saturated carbocycles. The van der Waals surface area contributed by atoms with Crippen LogP contribution in [-0.4, -0.2) is 32.3 Å². The number of rotatable bonds is 6. The average molecular weight is 369 g/mol. The first-order chi connectivity index (χ1) is 11.5. The van der Waals surface area contributed by atoms with Crippen molar-refractivity contribution in [1.29, 1.82) is 0 Å². The zero-order valence-electron chi connectivity index (χ0n) is 15.1. The van der Waals surface area contributed by atoms with Gasteiger partial charge >= 0.3 is 0 Å². The fourth-order valence-corrected chi connectivity index (χ4v) is 3.33. The molecule has 2 N–H and O–H groups in total. The zero-order valence-corrected chi connectivity index (χ0v) is 15.9. The number of nitrogens with one attached hydrogen (secondary N) is 2. The van der Waals surface area contributed by atoms with Gasteiger partial charge in [-0.05, 0) is 56.0 Å². The van der Waals surface area contributed by atoms with E-state index in [1.54, 1.807) is 0 Å². The largest absolute Gasteiger partial charge is 0.454 e. The van der Waals surface area contributed by atoms with Gasteiger partial charge in [0.15, 0.2) is 11.5 Å². The number of benzene rings is 1. The number of piperidine rings is 1. The fraction of sp³-hybridized carbons (Fsp3) is 0.632. The van der Waals surface area contributed by atoms with Crippen LogP contribution in [0.25, 0.3) is 0 Å². The number of hydrogen-bond donors (Lipinski definition) is 2. The first-order valence-electron chi connectivity index (χ1n) is 8.92. The molecular formula is C19H29ClN2O3. The molecule has 1 aromatic carbocycles. The number of carbonyl (C=O) groups excluding carboxylic acids is 1. The number of halogens is 1. The van der Waals surface area contributed by atoms with E-state index >= 15 is 0 Å². The van der Waals surface area contributed by atoms with Gasteiger partial charge < -0.3 is 20.1 Å². The minimum atomic E-state index is -0.147. The lowest BCUT2D eigenvalue weighted by Crippen LogP contribution is -2.37. The average Bonchev–Trinajstić information content (AvgIpc) is 3.07. The first-order valence-corrected chi connectivity index (χ1v) is 8.92. The molecule has 2 aliphatic heterocycles. The molecule has 2 heterocycles. The van der Waals surface area contributed by atoms with Crippen LogP contribution in [0.15, 0.2) is 18.2 Å². The van der Waals surface area contributed by atoms with Crippen LogP contribution in [0.4, 0.5) is 0 Å². The molecule has 25 heavy (non-hydrogen) atoms. The van der Waals surface area contributed by atoms with E-state index in [0.717, 1.165) is 36.6 Å². The molecule has 1 aromatic rings. The standard InChI is InChI=1S/C19H28N2O3.ClH/c1-19(2,15-4-5-16-17(11-15)24-13-23-16)12-21-18(22)6-3-14-7-9-20-10-8-14;/h4-5,11,14,20H,3,6-10,12-13H2,1-2H3,(H,21,22);1H. The van der Waals surface area contributed by atoms with Crippen molar-refractivity contribution in [3.8, 4) is 11.5 Å². The minimum absolute atomic E-state index is 0. The molecule has 5 nitrogen and oxygen atoms in total. The SMILES string of the molecule is CC(C)(CNC(=O)CCC1CCNCC1)c1ccc2c(c1)OCO2.Cl. The predicted octanol–water partition coefficient (Wildman–Crippen LogP) is 3.01. The van der Waals surface area contributed by atoms with Crippen molar-refractivity contribution < 1.29 is 14.3 Å². The predicted molar refractivity (Wildman–Crippen MR) is 101 cm³/mol. The highest BCUT2D eigenvalue weighted by Gasteiger charge is 2.25. The molecule has 1 fully saturated rings. The summed E-state index contributed by atoms with van der Waals surface area (Å²) >= 11 is 0. The smallest absolute Gasteiger partial charge is 0.231 e. The lowest BCUT2D eigenvalue weighted by Gasteiger charge is -2.26. The van der Waals surface area contributed by atoms with E-state index in [0.29, 0.717) is 18.9 Å². The Morgan fingerprint density at radius 3 is 2.72 bits per heavy atom. The Morgan fingerprint density at radius 1 is 1.24 bits per heavy atom. The van der Waals surface area contributed by atoms with Crippen LogP contribution in [0.1, 0.15) is 45.1 Å². The van der Waals surface area contributed by atoms with Gasteiger partial charge in [-0.25, -0.2) is 0 Å². The van der Waals surface area contributed by atoms with E-state index in [-0.39, 0.29) is 30.5 Å². The molecule has 0 spiro atoms. The summed E-state index contributed by atoms with van der Waals surface area (Å²) < 4.78 is 10.8. The van der Waals surface area contributed by atoms with Gasteiger partial charge in [0.05, 0.1) is 0 Å². The number of amides is 1. The third-order valence-corrected chi connectivity index (χ3v) is 5.12. The van der Waals surface area contributed by atoms with Crippen LogP contribution in [0.2, 0.25) is 0 Å². The summed E-state index contributed by atoms with van der Waals surface area (Å²) in [5.74, 6) is 2.43. The lowest BCUT2D eigenvalue weighted by molar-refractivity contribution is -0.121. The third kappa shape index (κ3) is 5.25. The summed E-state index contributed by atoms with van der Waals surface area (Å²) in [6, 6.07) is 6.01. The van der Waals surface area contributed by atoms with Crippen LogP contribution >= 0.6 is 12.4 Å². The molecule has 0 bridgehead atoms. The molecule has 1 amide bonds. The normalized spacial score (nSPS) is 17.0. The van der Waals surface area contributed by atoms with Crippen molar-refractivity contribution in [1.82, 2.24) is 10.6 Å². The molecule has 0 aliphatic carbocycles. The highest BCUT2D eigenvalue weighted by Crippen LogP contribution is 2.36. The molecule has 0 atom stereocenters. The number of fused-ring (bicyclic) bond motifs is 1. The van der Waals surface area contributed by atoms with Gasteiger partial charge in [0.25, 0.3) is 0 Å². The second-order valence-corrected chi connectivity index (χ2v) is 7.46. The maximum Gasteiger partial charge on any atom is 0.231 e. The van der Waals surface area contributed by atoms with Gasteiger partial charge in [-0.3, -0.25) is 4.79 Å². The quantitative estimate of drug-likeness (QED) is 0.810. The molecule has 3 rings (SSSR count). The van der Waals surface area contributed by atoms with Crippen LogP contribution < -0.4 is 20.1 Å². The van der Waals surface area contributed by atoms with Crippen molar-refractivity contribution in [3.63, 3.8) is 0 Å². The van der Waals surface area contributed by atoms with E-state index in [9.17, 15) is 4.79 Å². The number of carbonyl (C=O) groups is 1. The second-order valence-electron chi connectivity index (χ2n) is 7.46. The zero-order chi connectivity index (χ0) is 17.0. The second kappa shape index (κ2) is 8.77. The van der Waals surface area contributed by atoms with E-state index < -0.39 is 0 Å². The molecule has 140 valence electrons. The van der Waals surface area contributed by atoms with Crippen LogP contribution in [0.5, 0.6) is 11.5 Å². The molecular weight excluding hydrogens is 340 g/mol. The van der Waals surface area contributed by atoms with E-state index in [1.165, 1.54) is 12.8 Å². The monoisotopic (exact) mass is 368 g/mol. The summed E-state index contributed by atoms with van der Waals surface area (Å²) in [7, 11) is 0. The van der Waals surface area contributed by atoms with Crippen LogP contribution in [0, 0.1) is 5.92 Å². The Morgan fingerprint density at radius 2 is 1.96 bits per heavy atom. The van der Waals surface area contributed by atoms with Gasteiger partial charge in [0, 0.05) is 18.4 Å². The minimum Gasteiger partial charge on any atom is -0.454 e. The maximum absolute atomic E-state index is 12.2. The van der Waals surface area contributed by atoms with E-state index in [1.807, 2.05) is 12.1 Å². The highest BCUT2D eigenvalue weighted by molar-refractivity contribution is 5.85. The van der Waals surface area contributed by atoms with Crippen molar-refractivity contribution in [3.05, 3.63) is 23.8 Å². The van der Waals surface area contributed by atoms with E-state index in [4.69, 9.17) is 9.47 Å². The first kappa shape index (κ1) is 19.9. The summed E-state index contributed by atoms with van der Waals surface area (Å²) in [5, 5.41) is 6.47. The van der Waals surface area contributed by atoms with E-state index in [2.05, 4.69) is 30.5 Å². The number of ether oxygens (including phenoxy) is 2. The Hall–Kier alpha value is -1.46. The van der Waals surface area contributed by atoms with Crippen LogP contribution in [0.3, 0.4) is 0 Å². The molecule has 0 radical (unpaired) electrons. The van der Waals surface area contributed by atoms with Crippen molar-refractivity contribution >= 4 is 18.3 Å². The fourth-order valence-electron chi connectivity index (χ4n) is 3.33. The molecule has 1 saturated heterocycles. The third-order valence-electron chi connectivity index (χ3n) is 5.12. The summed E-state index contributed by atoms with van der Waals surface area (Å²) in [5.41, 5.74) is 0.996. The van der Waals surface area contributed by atoms with Gasteiger partial charge in [-0.15, -0.1) is 12.4 Å². The van der Waals surface area contributed by atoms with Gasteiger partial charge in [0.1, 0.15) is 0 Å². The van der Waals surface area contributed by atoms with Crippen molar-refractivity contribution in [2.45, 2.75) is 44.9 Å². The molecule has 2 aliphatic rings. The van der Waals surface area contributed by atoms with Gasteiger partial charge in [-0.2, -0.15) is 0 Å². The maximum atomic E-state index is 12.2. The van der Waals surface area contributed by atoms with Crippen molar-refractivity contribution in [2.24, 2.45) is 5.92 Å². The molecule has 0 aromatic heterocycles. The lowest BCUT2D eigenvalue weighted by atomic mass is 9.84. The number of hydrogen-bond acceptors (Lipinski definition) is 4. The summed E-state index contributed by atoms with van der Waals surface area (Å²) in [4.78, 5) is 12.2. The van der Waals surface area contributed by atoms with Gasteiger partial charge in [-0.1, -0.05) is 19.9 Å². The Balaban J connectivity index is 0.00000225. The summed E-state index contributed by atoms with van der Waals surface area (Å²) in [6.07, 6.45) is 4.01. The van der Waals surface area contributed by atoms with Crippen LogP contribution in [-0.2, 0) is 10.2 Å². The molecule has 6 heteroatoms. The summed E-state index contributed by atoms with van der Waals surface area (Å²) in [6.45, 7) is 7.35. The Bertz CT molecular complexity index is 586. The van der Waals surface area contributed by atoms with Gasteiger partial charge in [0.2, 0.25) is 12.7 Å². The topological polar surface area (TPSA) is 59.6 Å². The highest BCUT2D eigenvalue weighted by atomic mass is 35.5.